The molecule has 1 N–H and O–H groups in total. The number of aryl methyl sites for hydroxylation is 1. The van der Waals surface area contributed by atoms with Crippen molar-refractivity contribution in [1.29, 1.82) is 0 Å². The third-order valence-corrected chi connectivity index (χ3v) is 4.93. The predicted molar refractivity (Wildman–Crippen MR) is 88.8 cm³/mol. The van der Waals surface area contributed by atoms with E-state index in [1.165, 1.54) is 31.5 Å². The van der Waals surface area contributed by atoms with E-state index in [-0.39, 0.29) is 0 Å². The first kappa shape index (κ1) is 16.3. The molecule has 0 aromatic heterocycles. The van der Waals surface area contributed by atoms with Crippen LogP contribution in [0, 0.1) is 0 Å². The predicted octanol–water partition coefficient (Wildman–Crippen LogP) is 3.13. The van der Waals surface area contributed by atoms with Gasteiger partial charge in [0.05, 0.1) is 0 Å². The van der Waals surface area contributed by atoms with Crippen molar-refractivity contribution in [3.8, 4) is 5.75 Å². The van der Waals surface area contributed by atoms with E-state index in [9.17, 15) is 5.11 Å². The Morgan fingerprint density at radius 2 is 1.90 bits per heavy atom. The van der Waals surface area contributed by atoms with Crippen molar-refractivity contribution >= 4 is 0 Å². The molecule has 21 heavy (non-hydrogen) atoms. The van der Waals surface area contributed by atoms with Crippen LogP contribution in [0.2, 0.25) is 0 Å². The Bertz CT molecular complexity index is 414. The van der Waals surface area contributed by atoms with Crippen LogP contribution in [0.25, 0.3) is 0 Å². The zero-order chi connectivity index (χ0) is 15.2. The summed E-state index contributed by atoms with van der Waals surface area (Å²) in [6.45, 7) is 11.7. The van der Waals surface area contributed by atoms with Crippen molar-refractivity contribution in [2.24, 2.45) is 0 Å². The lowest BCUT2D eigenvalue weighted by Gasteiger charge is -2.28. The molecule has 2 atom stereocenters. The van der Waals surface area contributed by atoms with Crippen LogP contribution in [-0.2, 0) is 6.42 Å². The molecule has 1 aliphatic rings. The average molecular weight is 290 g/mol. The first-order chi connectivity index (χ1) is 10.1. The van der Waals surface area contributed by atoms with Crippen molar-refractivity contribution in [2.75, 3.05) is 26.2 Å². The van der Waals surface area contributed by atoms with Crippen LogP contribution < -0.4 is 0 Å². The molecule has 3 heteroatoms. The second-order valence-corrected chi connectivity index (χ2v) is 6.21. The Labute approximate surface area is 129 Å². The minimum atomic E-state index is 0.355. The topological polar surface area (TPSA) is 26.7 Å². The number of phenolic OH excluding ortho intramolecular Hbond substituents is 1. The highest BCUT2D eigenvalue weighted by atomic mass is 16.3. The number of hydrogen-bond acceptors (Lipinski definition) is 3. The molecule has 0 aliphatic carbocycles. The van der Waals surface area contributed by atoms with Gasteiger partial charge in [0.15, 0.2) is 0 Å². The zero-order valence-corrected chi connectivity index (χ0v) is 13.8. The van der Waals surface area contributed by atoms with Gasteiger partial charge in [-0.05, 0) is 57.0 Å². The highest BCUT2D eigenvalue weighted by molar-refractivity contribution is 5.25. The fourth-order valence-corrected chi connectivity index (χ4v) is 3.43. The Morgan fingerprint density at radius 1 is 1.24 bits per heavy atom. The van der Waals surface area contributed by atoms with Crippen molar-refractivity contribution in [3.63, 3.8) is 0 Å². The quantitative estimate of drug-likeness (QED) is 0.836. The third-order valence-electron chi connectivity index (χ3n) is 4.93. The molecule has 0 amide bonds. The number of phenols is 1. The molecule has 2 unspecified atom stereocenters. The molecule has 118 valence electrons. The Hall–Kier alpha value is -1.06. The molecule has 1 heterocycles. The molecule has 1 aromatic rings. The fourth-order valence-electron chi connectivity index (χ4n) is 3.43. The third kappa shape index (κ3) is 4.45. The normalized spacial score (nSPS) is 21.0. The Balaban J connectivity index is 1.79. The fraction of sp³-hybridized carbons (Fsp3) is 0.667. The van der Waals surface area contributed by atoms with Gasteiger partial charge in [-0.3, -0.25) is 9.80 Å². The zero-order valence-electron chi connectivity index (χ0n) is 13.8. The van der Waals surface area contributed by atoms with Crippen LogP contribution >= 0.6 is 0 Å². The van der Waals surface area contributed by atoms with Crippen molar-refractivity contribution < 1.29 is 5.11 Å². The minimum absolute atomic E-state index is 0.355. The summed E-state index contributed by atoms with van der Waals surface area (Å²) >= 11 is 0. The van der Waals surface area contributed by atoms with Gasteiger partial charge in [0.1, 0.15) is 5.75 Å². The van der Waals surface area contributed by atoms with Crippen LogP contribution in [0.15, 0.2) is 24.3 Å². The highest BCUT2D eigenvalue weighted by Crippen LogP contribution is 2.20. The maximum atomic E-state index is 9.32. The molecule has 0 bridgehead atoms. The number of benzene rings is 1. The number of likely N-dealkylation sites (N-methyl/N-ethyl adjacent to an activating group) is 1. The van der Waals surface area contributed by atoms with Crippen LogP contribution in [0.5, 0.6) is 5.75 Å². The average Bonchev–Trinajstić information content (AvgIpc) is 2.97. The van der Waals surface area contributed by atoms with E-state index in [1.807, 2.05) is 12.1 Å². The van der Waals surface area contributed by atoms with E-state index >= 15 is 0 Å². The van der Waals surface area contributed by atoms with Gasteiger partial charge < -0.3 is 5.11 Å². The van der Waals surface area contributed by atoms with Gasteiger partial charge in [0, 0.05) is 25.2 Å². The molecule has 3 nitrogen and oxygen atoms in total. The number of nitrogens with zero attached hydrogens (tertiary/aromatic N) is 2. The number of aromatic hydroxyl groups is 1. The second-order valence-electron chi connectivity index (χ2n) is 6.21. The maximum absolute atomic E-state index is 9.32. The molecule has 2 rings (SSSR count). The summed E-state index contributed by atoms with van der Waals surface area (Å²) in [6, 6.07) is 9.02. The summed E-state index contributed by atoms with van der Waals surface area (Å²) in [7, 11) is 0. The monoisotopic (exact) mass is 290 g/mol. The Morgan fingerprint density at radius 3 is 2.52 bits per heavy atom. The Kier molecular flexibility index (Phi) is 6.07. The molecule has 0 saturated carbocycles. The summed E-state index contributed by atoms with van der Waals surface area (Å²) < 4.78 is 0. The molecule has 1 aromatic carbocycles. The van der Waals surface area contributed by atoms with Gasteiger partial charge in [-0.25, -0.2) is 0 Å². The number of rotatable bonds is 7. The van der Waals surface area contributed by atoms with Gasteiger partial charge in [-0.1, -0.05) is 26.0 Å². The number of hydrogen-bond donors (Lipinski definition) is 1. The first-order valence-electron chi connectivity index (χ1n) is 8.40. The summed E-state index contributed by atoms with van der Waals surface area (Å²) in [5.41, 5.74) is 1.32. The van der Waals surface area contributed by atoms with Crippen molar-refractivity contribution in [2.45, 2.75) is 52.1 Å². The van der Waals surface area contributed by atoms with Crippen LogP contribution in [0.1, 0.15) is 39.2 Å². The molecule has 0 spiro atoms. The molecule has 0 radical (unpaired) electrons. The molecule has 1 fully saturated rings. The van der Waals surface area contributed by atoms with E-state index in [2.05, 4.69) is 30.6 Å². The van der Waals surface area contributed by atoms with Crippen LogP contribution in [0.3, 0.4) is 0 Å². The van der Waals surface area contributed by atoms with Gasteiger partial charge >= 0.3 is 0 Å². The van der Waals surface area contributed by atoms with E-state index in [1.54, 1.807) is 12.1 Å². The summed E-state index contributed by atoms with van der Waals surface area (Å²) in [5, 5.41) is 9.32. The van der Waals surface area contributed by atoms with E-state index < -0.39 is 0 Å². The highest BCUT2D eigenvalue weighted by Gasteiger charge is 2.28. The van der Waals surface area contributed by atoms with E-state index in [0.29, 0.717) is 11.8 Å². The molecular formula is C18H30N2O. The molecular weight excluding hydrogens is 260 g/mol. The summed E-state index contributed by atoms with van der Waals surface area (Å²) in [5.74, 6) is 0.355. The van der Waals surface area contributed by atoms with Crippen LogP contribution in [-0.4, -0.2) is 53.2 Å². The lowest BCUT2D eigenvalue weighted by atomic mass is 10.1. The number of likely N-dealkylation sites (tertiary alicyclic amines) is 1. The van der Waals surface area contributed by atoms with Gasteiger partial charge in [0.25, 0.3) is 0 Å². The van der Waals surface area contributed by atoms with Crippen molar-refractivity contribution in [1.82, 2.24) is 9.80 Å². The lowest BCUT2D eigenvalue weighted by Crippen LogP contribution is -2.39. The second kappa shape index (κ2) is 7.81. The van der Waals surface area contributed by atoms with Gasteiger partial charge in [-0.15, -0.1) is 0 Å². The summed E-state index contributed by atoms with van der Waals surface area (Å²) in [6.07, 6.45) is 3.59. The molecule has 1 saturated heterocycles. The van der Waals surface area contributed by atoms with Crippen molar-refractivity contribution in [3.05, 3.63) is 29.8 Å². The smallest absolute Gasteiger partial charge is 0.115 e. The van der Waals surface area contributed by atoms with E-state index in [0.717, 1.165) is 25.6 Å². The lowest BCUT2D eigenvalue weighted by molar-refractivity contribution is 0.189. The first-order valence-corrected chi connectivity index (χ1v) is 8.40. The van der Waals surface area contributed by atoms with Gasteiger partial charge in [0.2, 0.25) is 0 Å². The summed E-state index contributed by atoms with van der Waals surface area (Å²) in [4.78, 5) is 5.23. The standard InChI is InChI=1S/C18H30N2O/c1-4-19(5-2)17-12-13-20(14-17)15(3)6-7-16-8-10-18(21)11-9-16/h8-11,15,17,21H,4-7,12-14H2,1-3H3. The SMILES string of the molecule is CCN(CC)C1CCN(C(C)CCc2ccc(O)cc2)C1. The molecule has 1 aliphatic heterocycles. The maximum Gasteiger partial charge on any atom is 0.115 e. The van der Waals surface area contributed by atoms with Gasteiger partial charge in [-0.2, -0.15) is 0 Å². The largest absolute Gasteiger partial charge is 0.508 e. The van der Waals surface area contributed by atoms with E-state index in [4.69, 9.17) is 0 Å². The minimum Gasteiger partial charge on any atom is -0.508 e. The van der Waals surface area contributed by atoms with Crippen LogP contribution in [0.4, 0.5) is 0 Å².